The minimum Gasteiger partial charge on any atom is -0.380 e. The average Bonchev–Trinajstić information content (AvgIpc) is 3.21. The standard InChI is InChI=1S/C19H29N4O/c1-2-24-16-11-22-18-8-4-3-7-17(18)20-19(22)21-9-14-23(15-10-21)12-5-6-13-23/h3-4,7-8H,2,5-6,9-16H2,1H3/q+1. The van der Waals surface area contributed by atoms with Crippen molar-refractivity contribution in [2.45, 2.75) is 26.3 Å². The molecule has 5 nitrogen and oxygen atoms in total. The van der Waals surface area contributed by atoms with Crippen LogP contribution in [0.15, 0.2) is 24.3 Å². The van der Waals surface area contributed by atoms with Gasteiger partial charge in [0.15, 0.2) is 0 Å². The average molecular weight is 329 g/mol. The number of hydrogen-bond acceptors (Lipinski definition) is 3. The number of nitrogens with zero attached hydrogens (tertiary/aromatic N) is 4. The van der Waals surface area contributed by atoms with E-state index in [1.807, 2.05) is 0 Å². The maximum atomic E-state index is 5.60. The van der Waals surface area contributed by atoms with Crippen LogP contribution in [0.2, 0.25) is 0 Å². The highest BCUT2D eigenvalue weighted by atomic mass is 16.5. The molecule has 0 aliphatic carbocycles. The van der Waals surface area contributed by atoms with Gasteiger partial charge in [-0.1, -0.05) is 12.1 Å². The van der Waals surface area contributed by atoms with E-state index < -0.39 is 0 Å². The molecule has 5 heteroatoms. The Morgan fingerprint density at radius 2 is 1.83 bits per heavy atom. The molecule has 2 aliphatic heterocycles. The van der Waals surface area contributed by atoms with E-state index in [0.29, 0.717) is 0 Å². The molecule has 0 unspecified atom stereocenters. The summed E-state index contributed by atoms with van der Waals surface area (Å²) in [6.45, 7) is 12.0. The minimum atomic E-state index is 0.748. The fourth-order valence-corrected chi connectivity index (χ4v) is 4.37. The fraction of sp³-hybridized carbons (Fsp3) is 0.632. The Labute approximate surface area is 144 Å². The summed E-state index contributed by atoms with van der Waals surface area (Å²) in [4.78, 5) is 7.45. The third kappa shape index (κ3) is 2.91. The quantitative estimate of drug-likeness (QED) is 0.624. The van der Waals surface area contributed by atoms with E-state index in [4.69, 9.17) is 9.72 Å². The molecule has 0 N–H and O–H groups in total. The Balaban J connectivity index is 1.57. The van der Waals surface area contributed by atoms with Gasteiger partial charge in [0.1, 0.15) is 0 Å². The van der Waals surface area contributed by atoms with E-state index in [2.05, 4.69) is 40.7 Å². The van der Waals surface area contributed by atoms with Crippen LogP contribution in [0.3, 0.4) is 0 Å². The summed E-state index contributed by atoms with van der Waals surface area (Å²) in [6, 6.07) is 8.48. The molecule has 2 saturated heterocycles. The minimum absolute atomic E-state index is 0.748. The Bertz CT molecular complexity index is 680. The summed E-state index contributed by atoms with van der Waals surface area (Å²) in [7, 11) is 0. The molecular weight excluding hydrogens is 300 g/mol. The summed E-state index contributed by atoms with van der Waals surface area (Å²) in [5.41, 5.74) is 2.32. The van der Waals surface area contributed by atoms with E-state index in [1.165, 1.54) is 49.0 Å². The van der Waals surface area contributed by atoms with Gasteiger partial charge < -0.3 is 18.7 Å². The number of para-hydroxylation sites is 2. The zero-order valence-electron chi connectivity index (χ0n) is 14.8. The second-order valence-corrected chi connectivity index (χ2v) is 7.18. The number of imidazole rings is 1. The number of hydrogen-bond donors (Lipinski definition) is 0. The fourth-order valence-electron chi connectivity index (χ4n) is 4.37. The SMILES string of the molecule is CCOCCn1c(N2CC[N+]3(CCCC3)CC2)nc2ccccc21. The first-order valence-electron chi connectivity index (χ1n) is 9.44. The van der Waals surface area contributed by atoms with Crippen LogP contribution >= 0.6 is 0 Å². The first-order valence-corrected chi connectivity index (χ1v) is 9.44. The molecule has 1 aromatic carbocycles. The highest BCUT2D eigenvalue weighted by Gasteiger charge is 2.36. The van der Waals surface area contributed by atoms with Crippen LogP contribution < -0.4 is 4.90 Å². The summed E-state index contributed by atoms with van der Waals surface area (Å²) in [6.07, 6.45) is 2.82. The maximum Gasteiger partial charge on any atom is 0.207 e. The maximum absolute atomic E-state index is 5.60. The first-order chi connectivity index (χ1) is 11.8. The van der Waals surface area contributed by atoms with Crippen molar-refractivity contribution in [3.8, 4) is 0 Å². The molecule has 0 saturated carbocycles. The van der Waals surface area contributed by atoms with Gasteiger partial charge in [0.2, 0.25) is 5.95 Å². The van der Waals surface area contributed by atoms with Gasteiger partial charge in [0.25, 0.3) is 0 Å². The van der Waals surface area contributed by atoms with Gasteiger partial charge in [-0.15, -0.1) is 0 Å². The topological polar surface area (TPSA) is 30.3 Å². The molecule has 3 heterocycles. The van der Waals surface area contributed by atoms with Crippen LogP contribution in [0.1, 0.15) is 19.8 Å². The van der Waals surface area contributed by atoms with Gasteiger partial charge in [-0.25, -0.2) is 4.98 Å². The molecule has 2 fully saturated rings. The normalized spacial score (nSPS) is 20.3. The van der Waals surface area contributed by atoms with Crippen LogP contribution in [0.4, 0.5) is 5.95 Å². The second kappa shape index (κ2) is 6.73. The van der Waals surface area contributed by atoms with E-state index in [0.717, 1.165) is 44.3 Å². The number of piperazine rings is 1. The van der Waals surface area contributed by atoms with Crippen molar-refractivity contribution in [3.05, 3.63) is 24.3 Å². The number of aromatic nitrogens is 2. The van der Waals surface area contributed by atoms with Crippen molar-refractivity contribution in [3.63, 3.8) is 0 Å². The van der Waals surface area contributed by atoms with Gasteiger partial charge in [-0.05, 0) is 19.1 Å². The Morgan fingerprint density at radius 3 is 2.58 bits per heavy atom. The van der Waals surface area contributed by atoms with Crippen molar-refractivity contribution < 1.29 is 9.22 Å². The highest BCUT2D eigenvalue weighted by molar-refractivity contribution is 5.78. The van der Waals surface area contributed by atoms with Crippen LogP contribution in [-0.4, -0.2) is 66.5 Å². The Morgan fingerprint density at radius 1 is 1.08 bits per heavy atom. The predicted molar refractivity (Wildman–Crippen MR) is 97.4 cm³/mol. The molecule has 0 radical (unpaired) electrons. The van der Waals surface area contributed by atoms with Crippen LogP contribution in [-0.2, 0) is 11.3 Å². The van der Waals surface area contributed by atoms with E-state index in [9.17, 15) is 0 Å². The lowest BCUT2D eigenvalue weighted by molar-refractivity contribution is -0.917. The van der Waals surface area contributed by atoms with E-state index >= 15 is 0 Å². The molecule has 130 valence electrons. The Hall–Kier alpha value is -1.59. The monoisotopic (exact) mass is 329 g/mol. The molecule has 24 heavy (non-hydrogen) atoms. The molecule has 2 aromatic rings. The van der Waals surface area contributed by atoms with Crippen molar-refractivity contribution in [2.24, 2.45) is 0 Å². The number of ether oxygens (including phenoxy) is 1. The van der Waals surface area contributed by atoms with Gasteiger partial charge >= 0.3 is 0 Å². The molecule has 0 atom stereocenters. The van der Waals surface area contributed by atoms with Crippen LogP contribution in [0, 0.1) is 0 Å². The lowest BCUT2D eigenvalue weighted by atomic mass is 10.2. The lowest BCUT2D eigenvalue weighted by Crippen LogP contribution is -2.58. The highest BCUT2D eigenvalue weighted by Crippen LogP contribution is 2.27. The van der Waals surface area contributed by atoms with Crippen LogP contribution in [0.5, 0.6) is 0 Å². The van der Waals surface area contributed by atoms with Gasteiger partial charge in [-0.2, -0.15) is 0 Å². The zero-order valence-corrected chi connectivity index (χ0v) is 14.8. The summed E-state index contributed by atoms with van der Waals surface area (Å²) in [5.74, 6) is 1.13. The largest absolute Gasteiger partial charge is 0.380 e. The van der Waals surface area contributed by atoms with Crippen molar-refractivity contribution in [1.82, 2.24) is 9.55 Å². The van der Waals surface area contributed by atoms with Crippen molar-refractivity contribution >= 4 is 17.0 Å². The molecule has 0 bridgehead atoms. The Kier molecular flexibility index (Phi) is 4.46. The number of rotatable bonds is 5. The predicted octanol–water partition coefficient (Wildman–Crippen LogP) is 2.50. The number of fused-ring (bicyclic) bond motifs is 1. The van der Waals surface area contributed by atoms with Crippen molar-refractivity contribution in [1.29, 1.82) is 0 Å². The zero-order chi connectivity index (χ0) is 16.4. The van der Waals surface area contributed by atoms with E-state index in [1.54, 1.807) is 0 Å². The van der Waals surface area contributed by atoms with Crippen LogP contribution in [0.25, 0.3) is 11.0 Å². The number of benzene rings is 1. The third-order valence-corrected chi connectivity index (χ3v) is 5.78. The smallest absolute Gasteiger partial charge is 0.207 e. The lowest BCUT2D eigenvalue weighted by Gasteiger charge is -2.42. The first kappa shape index (κ1) is 15.9. The molecule has 4 rings (SSSR count). The molecular formula is C19H29N4O+. The molecule has 2 aliphatic rings. The molecule has 0 amide bonds. The van der Waals surface area contributed by atoms with E-state index in [-0.39, 0.29) is 0 Å². The third-order valence-electron chi connectivity index (χ3n) is 5.78. The molecule has 1 spiro atoms. The molecule has 1 aromatic heterocycles. The number of quaternary nitrogens is 1. The van der Waals surface area contributed by atoms with Crippen molar-refractivity contribution in [2.75, 3.05) is 57.4 Å². The summed E-state index contributed by atoms with van der Waals surface area (Å²) >= 11 is 0. The van der Waals surface area contributed by atoms with Gasteiger partial charge in [0, 0.05) is 26.0 Å². The van der Waals surface area contributed by atoms with Gasteiger partial charge in [0.05, 0.1) is 56.9 Å². The van der Waals surface area contributed by atoms with Gasteiger partial charge in [-0.3, -0.25) is 0 Å². The number of anilines is 1. The second-order valence-electron chi connectivity index (χ2n) is 7.18. The summed E-state index contributed by atoms with van der Waals surface area (Å²) in [5, 5.41) is 0. The summed E-state index contributed by atoms with van der Waals surface area (Å²) < 4.78 is 9.30.